The predicted octanol–water partition coefficient (Wildman–Crippen LogP) is 6.86. The number of aromatic hydroxyl groups is 2. The van der Waals surface area contributed by atoms with E-state index < -0.39 is 5.16 Å². The summed E-state index contributed by atoms with van der Waals surface area (Å²) < 4.78 is 0. The van der Waals surface area contributed by atoms with Gasteiger partial charge < -0.3 is 10.2 Å². The molecule has 0 aromatic heterocycles. The van der Waals surface area contributed by atoms with E-state index in [2.05, 4.69) is 50.8 Å². The normalized spacial score (nSPS) is 12.8. The third-order valence-electron chi connectivity index (χ3n) is 5.77. The van der Waals surface area contributed by atoms with Crippen LogP contribution in [-0.2, 0) is 16.0 Å². The number of hydrogen-bond donors (Lipinski definition) is 2. The Kier molecular flexibility index (Phi) is 5.78. The molecule has 0 bridgehead atoms. The number of hydrogen-bond acceptors (Lipinski definition) is 2. The highest BCUT2D eigenvalue weighted by Crippen LogP contribution is 2.53. The van der Waals surface area contributed by atoms with Crippen LogP contribution in [0.5, 0.6) is 11.5 Å². The Morgan fingerprint density at radius 1 is 0.533 bits per heavy atom. The summed E-state index contributed by atoms with van der Waals surface area (Å²) >= 11 is 0. The van der Waals surface area contributed by atoms with Crippen molar-refractivity contribution >= 4 is 9.24 Å². The standard InChI is InChI=1S/C27H33O2P/c1-25(2,3)19-14-10-16-21(23(19)28)27(30,18-12-8-7-9-13-18)22-17-11-15-20(24(22)29)26(4,5)6/h7-17,28-29H,30H2,1-6H3. The highest BCUT2D eigenvalue weighted by molar-refractivity contribution is 7.19. The first-order valence-electron chi connectivity index (χ1n) is 10.4. The van der Waals surface area contributed by atoms with Gasteiger partial charge in [0, 0.05) is 11.1 Å². The lowest BCUT2D eigenvalue weighted by atomic mass is 9.76. The number of phenolic OH excluding ortho intramolecular Hbond substituents is 2. The van der Waals surface area contributed by atoms with Gasteiger partial charge in [0.1, 0.15) is 11.5 Å². The third kappa shape index (κ3) is 3.86. The molecule has 3 aromatic carbocycles. The molecule has 2 N–H and O–H groups in total. The topological polar surface area (TPSA) is 40.5 Å². The molecule has 1 unspecified atom stereocenters. The molecule has 0 saturated carbocycles. The first-order valence-corrected chi connectivity index (χ1v) is 11.0. The van der Waals surface area contributed by atoms with Gasteiger partial charge in [-0.2, -0.15) is 0 Å². The molecule has 0 aliphatic carbocycles. The van der Waals surface area contributed by atoms with Gasteiger partial charge in [-0.3, -0.25) is 0 Å². The Morgan fingerprint density at radius 2 is 0.900 bits per heavy atom. The van der Waals surface area contributed by atoms with Crippen molar-refractivity contribution in [3.8, 4) is 11.5 Å². The molecular weight excluding hydrogens is 387 g/mol. The molecular formula is C27H33O2P. The Morgan fingerprint density at radius 3 is 1.27 bits per heavy atom. The van der Waals surface area contributed by atoms with Crippen LogP contribution in [0.3, 0.4) is 0 Å². The second-order valence-electron chi connectivity index (χ2n) is 10.1. The van der Waals surface area contributed by atoms with Crippen molar-refractivity contribution in [1.82, 2.24) is 0 Å². The summed E-state index contributed by atoms with van der Waals surface area (Å²) in [5.41, 5.74) is 3.84. The minimum atomic E-state index is -0.808. The summed E-state index contributed by atoms with van der Waals surface area (Å²) in [6.45, 7) is 12.6. The summed E-state index contributed by atoms with van der Waals surface area (Å²) in [7, 11) is 2.94. The number of phenols is 2. The minimum Gasteiger partial charge on any atom is -0.507 e. The van der Waals surface area contributed by atoms with Crippen molar-refractivity contribution in [2.75, 3.05) is 0 Å². The lowest BCUT2D eigenvalue weighted by Crippen LogP contribution is -2.24. The van der Waals surface area contributed by atoms with Gasteiger partial charge in [0.05, 0.1) is 5.16 Å². The van der Waals surface area contributed by atoms with Gasteiger partial charge in [0.25, 0.3) is 0 Å². The molecule has 0 saturated heterocycles. The second kappa shape index (κ2) is 7.75. The maximum absolute atomic E-state index is 11.4. The third-order valence-corrected chi connectivity index (χ3v) is 6.72. The van der Waals surface area contributed by atoms with Gasteiger partial charge in [-0.15, -0.1) is 9.24 Å². The van der Waals surface area contributed by atoms with E-state index in [1.165, 1.54) is 0 Å². The maximum Gasteiger partial charge on any atom is 0.124 e. The number of rotatable bonds is 3. The Labute approximate surface area is 183 Å². The quantitative estimate of drug-likeness (QED) is 0.359. The molecule has 30 heavy (non-hydrogen) atoms. The van der Waals surface area contributed by atoms with E-state index in [0.29, 0.717) is 0 Å². The van der Waals surface area contributed by atoms with Crippen molar-refractivity contribution < 1.29 is 10.2 Å². The van der Waals surface area contributed by atoms with E-state index in [1.54, 1.807) is 0 Å². The first-order chi connectivity index (χ1) is 13.9. The number of benzene rings is 3. The molecule has 0 amide bonds. The van der Waals surface area contributed by atoms with E-state index in [1.807, 2.05) is 66.7 Å². The van der Waals surface area contributed by atoms with E-state index in [-0.39, 0.29) is 22.3 Å². The average molecular weight is 421 g/mol. The van der Waals surface area contributed by atoms with Crippen LogP contribution in [0.1, 0.15) is 69.4 Å². The highest BCUT2D eigenvalue weighted by Gasteiger charge is 2.38. The fourth-order valence-electron chi connectivity index (χ4n) is 4.09. The molecule has 3 rings (SSSR count). The van der Waals surface area contributed by atoms with Gasteiger partial charge in [0.15, 0.2) is 0 Å². The molecule has 0 aliphatic heterocycles. The van der Waals surface area contributed by atoms with Crippen LogP contribution in [0.4, 0.5) is 0 Å². The Bertz CT molecular complexity index is 977. The summed E-state index contributed by atoms with van der Waals surface area (Å²) in [6, 6.07) is 21.9. The monoisotopic (exact) mass is 420 g/mol. The maximum atomic E-state index is 11.4. The Balaban J connectivity index is 2.41. The molecule has 0 heterocycles. The van der Waals surface area contributed by atoms with Gasteiger partial charge in [-0.05, 0) is 27.5 Å². The molecule has 0 fully saturated rings. The van der Waals surface area contributed by atoms with E-state index >= 15 is 0 Å². The van der Waals surface area contributed by atoms with E-state index in [0.717, 1.165) is 27.8 Å². The second-order valence-corrected chi connectivity index (χ2v) is 10.9. The van der Waals surface area contributed by atoms with Crippen LogP contribution in [0.25, 0.3) is 0 Å². The minimum absolute atomic E-state index is 0.211. The first kappa shape index (κ1) is 22.4. The molecule has 0 spiro atoms. The van der Waals surface area contributed by atoms with Crippen LogP contribution in [0.2, 0.25) is 0 Å². The molecule has 158 valence electrons. The summed E-state index contributed by atoms with van der Waals surface area (Å²) in [6.07, 6.45) is 0. The zero-order valence-corrected chi connectivity index (χ0v) is 20.0. The molecule has 3 aromatic rings. The van der Waals surface area contributed by atoms with Gasteiger partial charge >= 0.3 is 0 Å². The largest absolute Gasteiger partial charge is 0.507 e. The fraction of sp³-hybridized carbons (Fsp3) is 0.333. The van der Waals surface area contributed by atoms with Crippen molar-refractivity contribution in [3.63, 3.8) is 0 Å². The molecule has 0 radical (unpaired) electrons. The SMILES string of the molecule is CC(C)(C)c1cccc(C(P)(c2ccccc2)c2cccc(C(C)(C)C)c2O)c1O. The van der Waals surface area contributed by atoms with Crippen LogP contribution in [0, 0.1) is 0 Å². The fourth-order valence-corrected chi connectivity index (χ4v) is 4.75. The summed E-state index contributed by atoms with van der Waals surface area (Å²) in [4.78, 5) is 0. The van der Waals surface area contributed by atoms with Gasteiger partial charge in [-0.1, -0.05) is 108 Å². The molecule has 2 nitrogen and oxygen atoms in total. The number of para-hydroxylation sites is 2. The molecule has 0 aliphatic rings. The zero-order valence-electron chi connectivity index (χ0n) is 18.8. The lowest BCUT2D eigenvalue weighted by molar-refractivity contribution is 0.429. The van der Waals surface area contributed by atoms with Crippen molar-refractivity contribution in [2.45, 2.75) is 57.5 Å². The van der Waals surface area contributed by atoms with Crippen LogP contribution in [0.15, 0.2) is 66.7 Å². The lowest BCUT2D eigenvalue weighted by Gasteiger charge is -2.35. The van der Waals surface area contributed by atoms with Crippen LogP contribution >= 0.6 is 9.24 Å². The summed E-state index contributed by atoms with van der Waals surface area (Å²) in [5, 5.41) is 22.0. The summed E-state index contributed by atoms with van der Waals surface area (Å²) in [5.74, 6) is 0.536. The van der Waals surface area contributed by atoms with Crippen molar-refractivity contribution in [1.29, 1.82) is 0 Å². The Hall–Kier alpha value is -2.31. The molecule has 3 heteroatoms. The highest BCUT2D eigenvalue weighted by atomic mass is 31.0. The van der Waals surface area contributed by atoms with Gasteiger partial charge in [-0.25, -0.2) is 0 Å². The van der Waals surface area contributed by atoms with Gasteiger partial charge in [0.2, 0.25) is 0 Å². The van der Waals surface area contributed by atoms with Crippen LogP contribution in [-0.4, -0.2) is 10.2 Å². The zero-order chi connectivity index (χ0) is 22.3. The van der Waals surface area contributed by atoms with E-state index in [9.17, 15) is 10.2 Å². The molecule has 1 atom stereocenters. The smallest absolute Gasteiger partial charge is 0.124 e. The van der Waals surface area contributed by atoms with E-state index in [4.69, 9.17) is 0 Å². The predicted molar refractivity (Wildman–Crippen MR) is 130 cm³/mol. The average Bonchev–Trinajstić information content (AvgIpc) is 2.66. The van der Waals surface area contributed by atoms with Crippen molar-refractivity contribution in [2.24, 2.45) is 0 Å². The van der Waals surface area contributed by atoms with Crippen molar-refractivity contribution in [3.05, 3.63) is 94.5 Å². The van der Waals surface area contributed by atoms with Crippen LogP contribution < -0.4 is 0 Å².